The molecule has 0 aromatic heterocycles. The van der Waals surface area contributed by atoms with E-state index in [0.717, 1.165) is 19.5 Å². The largest absolute Gasteiger partial charge is 0.330 e. The molecule has 0 fully saturated rings. The van der Waals surface area contributed by atoms with Crippen molar-refractivity contribution in [3.05, 3.63) is 24.3 Å². The quantitative estimate of drug-likeness (QED) is 0.667. The second-order valence-corrected chi connectivity index (χ2v) is 5.29. The Bertz CT molecular complexity index is 258. The van der Waals surface area contributed by atoms with Gasteiger partial charge in [0.05, 0.1) is 0 Å². The highest BCUT2D eigenvalue weighted by Crippen LogP contribution is 2.24. The first kappa shape index (κ1) is 14.5. The summed E-state index contributed by atoms with van der Waals surface area (Å²) in [6.07, 6.45) is 9.47. The first-order valence-corrected chi connectivity index (χ1v) is 6.95. The summed E-state index contributed by atoms with van der Waals surface area (Å²) < 4.78 is 0. The fraction of sp³-hybridized carbons (Fsp3) is 0.733. The van der Waals surface area contributed by atoms with Gasteiger partial charge in [-0.05, 0) is 44.6 Å². The Hall–Kier alpha value is -0.600. The van der Waals surface area contributed by atoms with Crippen molar-refractivity contribution in [1.82, 2.24) is 5.32 Å². The molecule has 1 rings (SSSR count). The van der Waals surface area contributed by atoms with Gasteiger partial charge in [0.2, 0.25) is 0 Å². The molecule has 0 spiro atoms. The van der Waals surface area contributed by atoms with E-state index in [1.807, 2.05) is 0 Å². The zero-order chi connectivity index (χ0) is 12.7. The lowest BCUT2D eigenvalue weighted by molar-refractivity contribution is 0.375. The molecule has 17 heavy (non-hydrogen) atoms. The van der Waals surface area contributed by atoms with Crippen molar-refractivity contribution < 1.29 is 0 Å². The van der Waals surface area contributed by atoms with Crippen LogP contribution >= 0.6 is 0 Å². The molecule has 3 unspecified atom stereocenters. The van der Waals surface area contributed by atoms with Crippen molar-refractivity contribution in [1.29, 1.82) is 0 Å². The molecule has 2 nitrogen and oxygen atoms in total. The molecular weight excluding hydrogens is 208 g/mol. The maximum absolute atomic E-state index is 5.68. The van der Waals surface area contributed by atoms with E-state index in [1.165, 1.54) is 24.8 Å². The Balaban J connectivity index is 2.29. The topological polar surface area (TPSA) is 38.0 Å². The van der Waals surface area contributed by atoms with E-state index in [9.17, 15) is 0 Å². The Labute approximate surface area is 106 Å². The highest BCUT2D eigenvalue weighted by molar-refractivity contribution is 5.03. The first-order chi connectivity index (χ1) is 8.17. The molecular formula is C15H28N2. The molecule has 0 aromatic carbocycles. The summed E-state index contributed by atoms with van der Waals surface area (Å²) in [5.74, 6) is 1.26. The first-order valence-electron chi connectivity index (χ1n) is 6.95. The van der Waals surface area contributed by atoms with Crippen LogP contribution < -0.4 is 11.1 Å². The van der Waals surface area contributed by atoms with E-state index in [4.69, 9.17) is 5.73 Å². The van der Waals surface area contributed by atoms with Gasteiger partial charge in [-0.1, -0.05) is 37.6 Å². The number of nitrogens with two attached hydrogens (primary N) is 1. The van der Waals surface area contributed by atoms with E-state index in [1.54, 1.807) is 0 Å². The number of hydrogen-bond donors (Lipinski definition) is 2. The van der Waals surface area contributed by atoms with E-state index in [2.05, 4.69) is 37.9 Å². The van der Waals surface area contributed by atoms with Crippen LogP contribution in [-0.2, 0) is 0 Å². The Morgan fingerprint density at radius 3 is 2.76 bits per heavy atom. The molecule has 0 heterocycles. The maximum atomic E-state index is 5.68. The summed E-state index contributed by atoms with van der Waals surface area (Å²) in [7, 11) is 0. The van der Waals surface area contributed by atoms with Gasteiger partial charge in [-0.3, -0.25) is 0 Å². The minimum absolute atomic E-state index is 0.540. The summed E-state index contributed by atoms with van der Waals surface area (Å²) in [6.45, 7) is 10.3. The lowest BCUT2D eigenvalue weighted by atomic mass is 9.85. The molecule has 3 N–H and O–H groups in total. The van der Waals surface area contributed by atoms with Gasteiger partial charge >= 0.3 is 0 Å². The summed E-state index contributed by atoms with van der Waals surface area (Å²) in [5.41, 5.74) is 7.00. The molecule has 1 aliphatic rings. The van der Waals surface area contributed by atoms with Gasteiger partial charge in [-0.2, -0.15) is 0 Å². The maximum Gasteiger partial charge on any atom is 0.0164 e. The minimum Gasteiger partial charge on any atom is -0.330 e. The van der Waals surface area contributed by atoms with Crippen LogP contribution in [0.25, 0.3) is 0 Å². The second-order valence-electron chi connectivity index (χ2n) is 5.29. The van der Waals surface area contributed by atoms with Gasteiger partial charge in [0.15, 0.2) is 0 Å². The van der Waals surface area contributed by atoms with Crippen molar-refractivity contribution in [2.75, 3.05) is 13.1 Å². The van der Waals surface area contributed by atoms with E-state index in [0.29, 0.717) is 17.9 Å². The lowest BCUT2D eigenvalue weighted by Gasteiger charge is -2.27. The van der Waals surface area contributed by atoms with Crippen molar-refractivity contribution in [3.63, 3.8) is 0 Å². The molecule has 0 saturated carbocycles. The molecule has 0 aliphatic heterocycles. The number of hydrogen-bond acceptors (Lipinski definition) is 2. The highest BCUT2D eigenvalue weighted by Gasteiger charge is 2.19. The van der Waals surface area contributed by atoms with Gasteiger partial charge in [0.25, 0.3) is 0 Å². The molecule has 0 amide bonds. The van der Waals surface area contributed by atoms with Crippen LogP contribution in [0.2, 0.25) is 0 Å². The van der Waals surface area contributed by atoms with Gasteiger partial charge in [-0.15, -0.1) is 0 Å². The molecule has 1 aliphatic carbocycles. The smallest absolute Gasteiger partial charge is 0.0164 e. The number of rotatable bonds is 7. The predicted molar refractivity (Wildman–Crippen MR) is 75.9 cm³/mol. The van der Waals surface area contributed by atoms with E-state index < -0.39 is 0 Å². The monoisotopic (exact) mass is 236 g/mol. The zero-order valence-electron chi connectivity index (χ0n) is 11.4. The van der Waals surface area contributed by atoms with Gasteiger partial charge in [0, 0.05) is 12.6 Å². The Morgan fingerprint density at radius 2 is 2.24 bits per heavy atom. The standard InChI is InChI=1S/C15H28N2/c1-4-5-12(2)11-17-13(3)15-8-6-14(10-16)7-9-15/h6,8,13-15,17H,2,4-5,7,9-11,16H2,1,3H3. The van der Waals surface area contributed by atoms with Gasteiger partial charge < -0.3 is 11.1 Å². The van der Waals surface area contributed by atoms with Crippen LogP contribution in [-0.4, -0.2) is 19.1 Å². The summed E-state index contributed by atoms with van der Waals surface area (Å²) in [4.78, 5) is 0. The molecule has 0 saturated heterocycles. The molecule has 0 aromatic rings. The highest BCUT2D eigenvalue weighted by atomic mass is 14.9. The minimum atomic E-state index is 0.540. The number of nitrogens with one attached hydrogen (secondary N) is 1. The van der Waals surface area contributed by atoms with Crippen molar-refractivity contribution in [2.45, 2.75) is 45.6 Å². The van der Waals surface area contributed by atoms with Crippen LogP contribution in [0.5, 0.6) is 0 Å². The Kier molecular flexibility index (Phi) is 6.53. The predicted octanol–water partition coefficient (Wildman–Crippen LogP) is 2.86. The van der Waals surface area contributed by atoms with E-state index >= 15 is 0 Å². The normalized spacial score (nSPS) is 25.8. The summed E-state index contributed by atoms with van der Waals surface area (Å²) in [6, 6.07) is 0.540. The molecule has 2 heteroatoms. The van der Waals surface area contributed by atoms with Crippen molar-refractivity contribution in [3.8, 4) is 0 Å². The van der Waals surface area contributed by atoms with Gasteiger partial charge in [-0.25, -0.2) is 0 Å². The van der Waals surface area contributed by atoms with Crippen LogP contribution in [0.15, 0.2) is 24.3 Å². The van der Waals surface area contributed by atoms with Crippen LogP contribution in [0.4, 0.5) is 0 Å². The zero-order valence-corrected chi connectivity index (χ0v) is 11.4. The molecule has 3 atom stereocenters. The third-order valence-corrected chi connectivity index (χ3v) is 3.72. The lowest BCUT2D eigenvalue weighted by Crippen LogP contribution is -2.35. The fourth-order valence-corrected chi connectivity index (χ4v) is 2.41. The third kappa shape index (κ3) is 5.05. The van der Waals surface area contributed by atoms with Crippen LogP contribution in [0.1, 0.15) is 39.5 Å². The van der Waals surface area contributed by atoms with Crippen molar-refractivity contribution in [2.24, 2.45) is 17.6 Å². The summed E-state index contributed by atoms with van der Waals surface area (Å²) >= 11 is 0. The summed E-state index contributed by atoms with van der Waals surface area (Å²) in [5, 5.41) is 3.59. The van der Waals surface area contributed by atoms with Crippen molar-refractivity contribution >= 4 is 0 Å². The third-order valence-electron chi connectivity index (χ3n) is 3.72. The SMILES string of the molecule is C=C(CCC)CNC(C)C1C=CC(CN)CC1. The fourth-order valence-electron chi connectivity index (χ4n) is 2.41. The average Bonchev–Trinajstić information content (AvgIpc) is 2.36. The molecule has 0 radical (unpaired) electrons. The molecule has 0 bridgehead atoms. The van der Waals surface area contributed by atoms with Crippen LogP contribution in [0, 0.1) is 11.8 Å². The van der Waals surface area contributed by atoms with E-state index in [-0.39, 0.29) is 0 Å². The second kappa shape index (κ2) is 7.67. The average molecular weight is 236 g/mol. The van der Waals surface area contributed by atoms with Crippen LogP contribution in [0.3, 0.4) is 0 Å². The van der Waals surface area contributed by atoms with Gasteiger partial charge in [0.1, 0.15) is 0 Å². The Morgan fingerprint density at radius 1 is 1.47 bits per heavy atom. The molecule has 98 valence electrons.